The Hall–Kier alpha value is -2.40. The van der Waals surface area contributed by atoms with Crippen LogP contribution in [-0.2, 0) is 9.53 Å². The molecule has 0 aliphatic heterocycles. The highest BCUT2D eigenvalue weighted by Gasteiger charge is 2.20. The third-order valence-corrected chi connectivity index (χ3v) is 3.17. The highest BCUT2D eigenvalue weighted by molar-refractivity contribution is 6.30. The molecule has 0 saturated heterocycles. The Bertz CT molecular complexity index is 730. The molecule has 2 rings (SSSR count). The average Bonchev–Trinajstić information content (AvgIpc) is 2.51. The first-order chi connectivity index (χ1) is 10.5. The van der Waals surface area contributed by atoms with Crippen LogP contribution >= 0.6 is 11.6 Å². The van der Waals surface area contributed by atoms with Crippen LogP contribution in [-0.4, -0.2) is 29.5 Å². The van der Waals surface area contributed by atoms with Gasteiger partial charge in [0.05, 0.1) is 11.1 Å². The molecule has 22 heavy (non-hydrogen) atoms. The Balaban J connectivity index is 2.23. The highest BCUT2D eigenvalue weighted by atomic mass is 35.5. The van der Waals surface area contributed by atoms with Crippen LogP contribution in [0, 0.1) is 0 Å². The summed E-state index contributed by atoms with van der Waals surface area (Å²) in [6.07, 6.45) is 0.626. The SMILES string of the molecule is C=CCNC(=O)[C@@H](C)OC(=O)c1cc(Cl)nc2ccccc12. The van der Waals surface area contributed by atoms with Crippen molar-refractivity contribution in [3.63, 3.8) is 0 Å². The Kier molecular flexibility index (Phi) is 5.12. The minimum atomic E-state index is -0.918. The lowest BCUT2D eigenvalue weighted by atomic mass is 10.1. The Morgan fingerprint density at radius 1 is 1.45 bits per heavy atom. The maximum absolute atomic E-state index is 12.3. The molecule has 1 heterocycles. The number of aromatic nitrogens is 1. The van der Waals surface area contributed by atoms with Crippen LogP contribution in [0.5, 0.6) is 0 Å². The number of nitrogens with zero attached hydrogens (tertiary/aromatic N) is 1. The largest absolute Gasteiger partial charge is 0.449 e. The average molecular weight is 319 g/mol. The lowest BCUT2D eigenvalue weighted by molar-refractivity contribution is -0.128. The minimum Gasteiger partial charge on any atom is -0.449 e. The quantitative estimate of drug-likeness (QED) is 0.523. The maximum atomic E-state index is 12.3. The number of esters is 1. The van der Waals surface area contributed by atoms with Gasteiger partial charge in [-0.1, -0.05) is 35.9 Å². The van der Waals surface area contributed by atoms with Crippen LogP contribution < -0.4 is 5.32 Å². The van der Waals surface area contributed by atoms with E-state index in [2.05, 4.69) is 16.9 Å². The van der Waals surface area contributed by atoms with E-state index in [1.807, 2.05) is 0 Å². The zero-order valence-electron chi connectivity index (χ0n) is 12.0. The number of rotatable bonds is 5. The number of fused-ring (bicyclic) bond motifs is 1. The molecule has 0 fully saturated rings. The topological polar surface area (TPSA) is 68.3 Å². The number of benzene rings is 1. The lowest BCUT2D eigenvalue weighted by Crippen LogP contribution is -2.35. The van der Waals surface area contributed by atoms with Crippen LogP contribution in [0.3, 0.4) is 0 Å². The van der Waals surface area contributed by atoms with E-state index in [4.69, 9.17) is 16.3 Å². The van der Waals surface area contributed by atoms with Gasteiger partial charge in [-0.25, -0.2) is 9.78 Å². The van der Waals surface area contributed by atoms with Gasteiger partial charge in [0.15, 0.2) is 6.10 Å². The van der Waals surface area contributed by atoms with Gasteiger partial charge >= 0.3 is 5.97 Å². The van der Waals surface area contributed by atoms with E-state index in [0.29, 0.717) is 17.4 Å². The van der Waals surface area contributed by atoms with Gasteiger partial charge in [0.2, 0.25) is 0 Å². The first-order valence-corrected chi connectivity index (χ1v) is 7.05. The number of pyridine rings is 1. The molecule has 1 amide bonds. The monoisotopic (exact) mass is 318 g/mol. The van der Waals surface area contributed by atoms with Crippen LogP contribution in [0.4, 0.5) is 0 Å². The fraction of sp³-hybridized carbons (Fsp3) is 0.188. The standard InChI is InChI=1S/C16H15ClN2O3/c1-3-8-18-15(20)10(2)22-16(21)12-9-14(17)19-13-7-5-4-6-11(12)13/h3-7,9-10H,1,8H2,2H3,(H,18,20)/t10-/m1/s1. The summed E-state index contributed by atoms with van der Waals surface area (Å²) < 4.78 is 5.19. The van der Waals surface area contributed by atoms with E-state index in [1.165, 1.54) is 13.0 Å². The third-order valence-electron chi connectivity index (χ3n) is 2.98. The molecule has 114 valence electrons. The number of nitrogens with one attached hydrogen (secondary N) is 1. The summed E-state index contributed by atoms with van der Waals surface area (Å²) in [6.45, 7) is 5.31. The van der Waals surface area contributed by atoms with E-state index >= 15 is 0 Å². The number of amides is 1. The van der Waals surface area contributed by atoms with Crippen molar-refractivity contribution < 1.29 is 14.3 Å². The van der Waals surface area contributed by atoms with Crippen LogP contribution in [0.15, 0.2) is 43.0 Å². The fourth-order valence-electron chi connectivity index (χ4n) is 1.91. The summed E-state index contributed by atoms with van der Waals surface area (Å²) in [5.41, 5.74) is 0.865. The molecule has 1 aromatic heterocycles. The molecule has 6 heteroatoms. The molecule has 0 saturated carbocycles. The summed E-state index contributed by atoms with van der Waals surface area (Å²) in [7, 11) is 0. The van der Waals surface area contributed by atoms with Crippen molar-refractivity contribution in [2.45, 2.75) is 13.0 Å². The van der Waals surface area contributed by atoms with E-state index in [1.54, 1.807) is 30.3 Å². The number of carbonyl (C=O) groups excluding carboxylic acids is 2. The van der Waals surface area contributed by atoms with E-state index < -0.39 is 18.0 Å². The van der Waals surface area contributed by atoms with Gasteiger partial charge in [-0.05, 0) is 19.1 Å². The predicted octanol–water partition coefficient (Wildman–Crippen LogP) is 2.74. The molecule has 0 bridgehead atoms. The lowest BCUT2D eigenvalue weighted by Gasteiger charge is -2.13. The van der Waals surface area contributed by atoms with Gasteiger partial charge in [0.25, 0.3) is 5.91 Å². The van der Waals surface area contributed by atoms with Crippen molar-refractivity contribution in [1.82, 2.24) is 10.3 Å². The molecule has 0 unspecified atom stereocenters. The third kappa shape index (κ3) is 3.62. The molecule has 0 radical (unpaired) electrons. The number of para-hydroxylation sites is 1. The fourth-order valence-corrected chi connectivity index (χ4v) is 2.11. The van der Waals surface area contributed by atoms with E-state index in [-0.39, 0.29) is 10.7 Å². The maximum Gasteiger partial charge on any atom is 0.339 e. The minimum absolute atomic E-state index is 0.189. The number of hydrogen-bond acceptors (Lipinski definition) is 4. The van der Waals surface area contributed by atoms with Crippen molar-refractivity contribution >= 4 is 34.4 Å². The molecule has 1 atom stereocenters. The van der Waals surface area contributed by atoms with Gasteiger partial charge in [0.1, 0.15) is 5.15 Å². The normalized spacial score (nSPS) is 11.7. The number of carbonyl (C=O) groups is 2. The van der Waals surface area contributed by atoms with E-state index in [9.17, 15) is 9.59 Å². The van der Waals surface area contributed by atoms with Crippen molar-refractivity contribution in [3.8, 4) is 0 Å². The van der Waals surface area contributed by atoms with Gasteiger partial charge in [-0.15, -0.1) is 6.58 Å². The van der Waals surface area contributed by atoms with Crippen molar-refractivity contribution in [2.24, 2.45) is 0 Å². The first-order valence-electron chi connectivity index (χ1n) is 6.68. The molecule has 0 spiro atoms. The Morgan fingerprint density at radius 2 is 2.18 bits per heavy atom. The summed E-state index contributed by atoms with van der Waals surface area (Å²) in [5, 5.41) is 3.38. The molecular formula is C16H15ClN2O3. The zero-order valence-corrected chi connectivity index (χ0v) is 12.8. The molecule has 1 aromatic carbocycles. The second-order valence-corrected chi connectivity index (χ2v) is 4.98. The number of ether oxygens (including phenoxy) is 1. The van der Waals surface area contributed by atoms with E-state index in [0.717, 1.165) is 0 Å². The molecule has 2 aromatic rings. The van der Waals surface area contributed by atoms with Crippen molar-refractivity contribution in [3.05, 3.63) is 53.7 Å². The van der Waals surface area contributed by atoms with Crippen molar-refractivity contribution in [2.75, 3.05) is 6.54 Å². The second-order valence-electron chi connectivity index (χ2n) is 4.59. The summed E-state index contributed by atoms with van der Waals surface area (Å²) in [6, 6.07) is 8.51. The first kappa shape index (κ1) is 16.0. The molecule has 5 nitrogen and oxygen atoms in total. The number of halogens is 1. The van der Waals surface area contributed by atoms with Gasteiger partial charge in [-0.2, -0.15) is 0 Å². The summed E-state index contributed by atoms with van der Waals surface area (Å²) in [5.74, 6) is -1.01. The summed E-state index contributed by atoms with van der Waals surface area (Å²) >= 11 is 5.93. The molecule has 0 aliphatic carbocycles. The number of hydrogen-bond donors (Lipinski definition) is 1. The molecular weight excluding hydrogens is 304 g/mol. The smallest absolute Gasteiger partial charge is 0.339 e. The second kappa shape index (κ2) is 7.04. The highest BCUT2D eigenvalue weighted by Crippen LogP contribution is 2.21. The van der Waals surface area contributed by atoms with Crippen LogP contribution in [0.25, 0.3) is 10.9 Å². The summed E-state index contributed by atoms with van der Waals surface area (Å²) in [4.78, 5) is 28.2. The predicted molar refractivity (Wildman–Crippen MR) is 84.8 cm³/mol. The molecule has 1 N–H and O–H groups in total. The van der Waals surface area contributed by atoms with Gasteiger partial charge in [-0.3, -0.25) is 4.79 Å². The Labute approximate surface area is 132 Å². The van der Waals surface area contributed by atoms with Gasteiger partial charge in [0, 0.05) is 11.9 Å². The van der Waals surface area contributed by atoms with Gasteiger partial charge < -0.3 is 10.1 Å². The zero-order chi connectivity index (χ0) is 16.1. The van der Waals surface area contributed by atoms with Crippen molar-refractivity contribution in [1.29, 1.82) is 0 Å². The van der Waals surface area contributed by atoms with Crippen LogP contribution in [0.2, 0.25) is 5.15 Å². The Morgan fingerprint density at radius 3 is 2.91 bits per heavy atom. The van der Waals surface area contributed by atoms with Crippen LogP contribution in [0.1, 0.15) is 17.3 Å². The molecule has 0 aliphatic rings.